The number of hydrogen-bond acceptors (Lipinski definition) is 3. The van der Waals surface area contributed by atoms with E-state index in [-0.39, 0.29) is 12.2 Å². The van der Waals surface area contributed by atoms with Crippen LogP contribution < -0.4 is 0 Å². The number of rotatable bonds is 5. The van der Waals surface area contributed by atoms with Crippen LogP contribution in [0.1, 0.15) is 20.8 Å². The number of halogens is 7. The number of aliphatic carboxylic acids is 1. The van der Waals surface area contributed by atoms with E-state index in [2.05, 4.69) is 4.74 Å². The molecule has 0 spiro atoms. The summed E-state index contributed by atoms with van der Waals surface area (Å²) in [6.45, 7) is 2.00. The quantitative estimate of drug-likeness (QED) is 0.465. The molecule has 1 atom stereocenters. The van der Waals surface area contributed by atoms with E-state index in [1.54, 1.807) is 0 Å². The summed E-state index contributed by atoms with van der Waals surface area (Å²) < 4.78 is 95.7. The van der Waals surface area contributed by atoms with Crippen molar-refractivity contribution in [1.82, 2.24) is 0 Å². The number of esters is 1. The third kappa shape index (κ3) is 5.39. The van der Waals surface area contributed by atoms with Gasteiger partial charge in [0.25, 0.3) is 0 Å². The van der Waals surface area contributed by atoms with Crippen LogP contribution in [0.4, 0.5) is 30.7 Å². The highest BCUT2D eigenvalue weighted by molar-refractivity contribution is 5.90. The number of carbonyl (C=O) groups excluding carboxylic acids is 1. The van der Waals surface area contributed by atoms with Crippen molar-refractivity contribution in [3.05, 3.63) is 12.2 Å². The Labute approximate surface area is 125 Å². The molecule has 0 aromatic heterocycles. The Bertz CT molecular complexity index is 475. The summed E-state index contributed by atoms with van der Waals surface area (Å²) in [5.41, 5.74) is -2.34. The molecule has 0 aliphatic carbocycles. The monoisotopic (exact) mass is 354 g/mol. The molecule has 0 fully saturated rings. The van der Waals surface area contributed by atoms with Crippen molar-refractivity contribution in [2.45, 2.75) is 39.0 Å². The fourth-order valence-electron chi connectivity index (χ4n) is 1.78. The Hall–Kier alpha value is -1.81. The lowest BCUT2D eigenvalue weighted by molar-refractivity contribution is -0.386. The molecule has 0 radical (unpaired) electrons. The number of alkyl halides is 7. The normalized spacial score (nSPS) is 15.6. The minimum absolute atomic E-state index is 0.00154. The summed E-state index contributed by atoms with van der Waals surface area (Å²) in [6, 6.07) is 0. The van der Waals surface area contributed by atoms with Crippen molar-refractivity contribution < 1.29 is 50.2 Å². The summed E-state index contributed by atoms with van der Waals surface area (Å²) in [7, 11) is 0. The van der Waals surface area contributed by atoms with Crippen LogP contribution in [-0.4, -0.2) is 35.3 Å². The van der Waals surface area contributed by atoms with Crippen LogP contribution in [0.3, 0.4) is 0 Å². The van der Waals surface area contributed by atoms with Gasteiger partial charge in [-0.05, 0) is 5.41 Å². The van der Waals surface area contributed by atoms with E-state index in [0.29, 0.717) is 20.8 Å². The first-order valence-electron chi connectivity index (χ1n) is 5.89. The van der Waals surface area contributed by atoms with E-state index in [1.165, 1.54) is 0 Å². The van der Waals surface area contributed by atoms with E-state index < -0.39 is 41.5 Å². The molecule has 0 aromatic rings. The highest BCUT2D eigenvalue weighted by Gasteiger charge is 2.73. The molecule has 23 heavy (non-hydrogen) atoms. The van der Waals surface area contributed by atoms with Crippen LogP contribution >= 0.6 is 0 Å². The van der Waals surface area contributed by atoms with Gasteiger partial charge in [-0.1, -0.05) is 20.8 Å². The van der Waals surface area contributed by atoms with Gasteiger partial charge in [-0.2, -0.15) is 30.7 Å². The third-order valence-corrected chi connectivity index (χ3v) is 2.53. The number of carboxylic acids is 1. The maximum absolute atomic E-state index is 13.7. The second-order valence-corrected chi connectivity index (χ2v) is 5.57. The van der Waals surface area contributed by atoms with E-state index >= 15 is 0 Å². The predicted molar refractivity (Wildman–Crippen MR) is 61.8 cm³/mol. The van der Waals surface area contributed by atoms with Crippen molar-refractivity contribution in [3.63, 3.8) is 0 Å². The van der Waals surface area contributed by atoms with Crippen molar-refractivity contribution in [2.24, 2.45) is 11.3 Å². The van der Waals surface area contributed by atoms with Gasteiger partial charge in [0.15, 0.2) is 0 Å². The van der Waals surface area contributed by atoms with Crippen LogP contribution in [0.25, 0.3) is 0 Å². The topological polar surface area (TPSA) is 63.6 Å². The Morgan fingerprint density at radius 1 is 0.957 bits per heavy atom. The van der Waals surface area contributed by atoms with Crippen LogP contribution in [0.15, 0.2) is 12.2 Å². The summed E-state index contributed by atoms with van der Waals surface area (Å²) in [6.07, 6.45) is -11.7. The minimum atomic E-state index is -5.81. The zero-order valence-corrected chi connectivity index (χ0v) is 12.0. The van der Waals surface area contributed by atoms with Crippen molar-refractivity contribution in [2.75, 3.05) is 0 Å². The zero-order valence-electron chi connectivity index (χ0n) is 12.0. The summed E-state index contributed by atoms with van der Waals surface area (Å²) in [5, 5.41) is 8.14. The van der Waals surface area contributed by atoms with Crippen LogP contribution in [0.2, 0.25) is 0 Å². The minimum Gasteiger partial charge on any atom is -0.478 e. The number of carboxylic acid groups (broad SMARTS) is 1. The molecule has 0 saturated heterocycles. The molecule has 0 rings (SSSR count). The smallest absolute Gasteiger partial charge is 0.467 e. The lowest BCUT2D eigenvalue weighted by Gasteiger charge is -2.39. The Balaban J connectivity index is 5.66. The average molecular weight is 354 g/mol. The number of ether oxygens (including phenoxy) is 1. The summed E-state index contributed by atoms with van der Waals surface area (Å²) >= 11 is 0. The molecule has 0 aromatic carbocycles. The van der Waals surface area contributed by atoms with Gasteiger partial charge in [-0.15, -0.1) is 0 Å². The van der Waals surface area contributed by atoms with Crippen LogP contribution in [0.5, 0.6) is 0 Å². The van der Waals surface area contributed by atoms with Gasteiger partial charge in [0.1, 0.15) is 5.92 Å². The molecule has 0 amide bonds. The van der Waals surface area contributed by atoms with Crippen LogP contribution in [-0.2, 0) is 14.3 Å². The molecule has 0 aliphatic heterocycles. The maximum atomic E-state index is 13.7. The van der Waals surface area contributed by atoms with Gasteiger partial charge in [-0.3, -0.25) is 0 Å². The van der Waals surface area contributed by atoms with E-state index in [9.17, 15) is 40.3 Å². The molecule has 1 unspecified atom stereocenters. The average Bonchev–Trinajstić information content (AvgIpc) is 2.20. The second-order valence-electron chi connectivity index (χ2n) is 5.57. The molecular weight excluding hydrogens is 341 g/mol. The van der Waals surface area contributed by atoms with Gasteiger partial charge >= 0.3 is 30.1 Å². The molecule has 0 aliphatic rings. The van der Waals surface area contributed by atoms with Gasteiger partial charge in [0, 0.05) is 12.2 Å². The van der Waals surface area contributed by atoms with Gasteiger partial charge in [0.2, 0.25) is 0 Å². The standard InChI is InChI=1S/C12H13F7O4/c1-9(2,3)8(11(15,16)17)10(13,14)12(18,19)23-7(22)5-4-6(20)21/h4-5,8H,1-3H3,(H,20,21). The van der Waals surface area contributed by atoms with E-state index in [4.69, 9.17) is 5.11 Å². The van der Waals surface area contributed by atoms with Crippen molar-refractivity contribution in [1.29, 1.82) is 0 Å². The van der Waals surface area contributed by atoms with Gasteiger partial charge in [0.05, 0.1) is 0 Å². The van der Waals surface area contributed by atoms with E-state index in [0.717, 1.165) is 0 Å². The Morgan fingerprint density at radius 3 is 1.70 bits per heavy atom. The highest BCUT2D eigenvalue weighted by atomic mass is 19.4. The number of carbonyl (C=O) groups is 2. The summed E-state index contributed by atoms with van der Waals surface area (Å²) in [4.78, 5) is 20.9. The fraction of sp³-hybridized carbons (Fsp3) is 0.667. The van der Waals surface area contributed by atoms with E-state index in [1.807, 2.05) is 0 Å². The molecule has 134 valence electrons. The van der Waals surface area contributed by atoms with Crippen molar-refractivity contribution in [3.8, 4) is 0 Å². The molecule has 0 heterocycles. The van der Waals surface area contributed by atoms with Crippen molar-refractivity contribution >= 4 is 11.9 Å². The second kappa shape index (κ2) is 6.36. The number of hydrogen-bond donors (Lipinski definition) is 1. The molecule has 0 bridgehead atoms. The lowest BCUT2D eigenvalue weighted by Crippen LogP contribution is -2.57. The van der Waals surface area contributed by atoms with Gasteiger partial charge < -0.3 is 9.84 Å². The molecule has 0 saturated carbocycles. The first kappa shape index (κ1) is 21.2. The fourth-order valence-corrected chi connectivity index (χ4v) is 1.78. The Morgan fingerprint density at radius 2 is 1.39 bits per heavy atom. The maximum Gasteiger partial charge on any atom is 0.467 e. The molecule has 4 nitrogen and oxygen atoms in total. The largest absolute Gasteiger partial charge is 0.478 e. The lowest BCUT2D eigenvalue weighted by atomic mass is 9.75. The molecular formula is C12H13F7O4. The summed E-state index contributed by atoms with van der Waals surface area (Å²) in [5.74, 6) is -13.6. The first-order valence-corrected chi connectivity index (χ1v) is 5.89. The zero-order chi connectivity index (χ0) is 18.9. The third-order valence-electron chi connectivity index (χ3n) is 2.53. The Kier molecular flexibility index (Phi) is 5.86. The molecule has 11 heteroatoms. The highest BCUT2D eigenvalue weighted by Crippen LogP contribution is 2.54. The van der Waals surface area contributed by atoms with Crippen LogP contribution in [0, 0.1) is 11.3 Å². The predicted octanol–water partition coefficient (Wildman–Crippen LogP) is 3.62. The SMILES string of the molecule is CC(C)(C)C(C(F)(F)F)C(F)(F)C(F)(F)OC(=O)C=CC(=O)O. The molecule has 1 N–H and O–H groups in total. The first-order chi connectivity index (χ1) is 9.93. The van der Waals surface area contributed by atoms with Gasteiger partial charge in [-0.25, -0.2) is 9.59 Å².